The molecule has 0 aliphatic carbocycles. The molecule has 42 heavy (non-hydrogen) atoms. The minimum Gasteiger partial charge on any atom is -0.497 e. The number of hydrogen-bond donors (Lipinski definition) is 3. The molecule has 0 aliphatic rings. The fourth-order valence-electron chi connectivity index (χ4n) is 3.78. The number of hydrogen-bond acceptors (Lipinski definition) is 6. The van der Waals surface area contributed by atoms with Crippen LogP contribution in [0.25, 0.3) is 5.57 Å². The van der Waals surface area contributed by atoms with Gasteiger partial charge in [0, 0.05) is 17.0 Å². The summed E-state index contributed by atoms with van der Waals surface area (Å²) in [5, 5.41) is 14.8. The number of methoxy groups -OCH3 is 1. The van der Waals surface area contributed by atoms with Crippen molar-refractivity contribution in [2.75, 3.05) is 7.11 Å². The molecule has 0 bridgehead atoms. The van der Waals surface area contributed by atoms with Gasteiger partial charge in [0.1, 0.15) is 11.8 Å². The first kappa shape index (κ1) is 36.0. The Morgan fingerprint density at radius 2 is 1.50 bits per heavy atom. The van der Waals surface area contributed by atoms with Crippen molar-refractivity contribution >= 4 is 46.5 Å². The highest BCUT2D eigenvalue weighted by atomic mass is 35.5. The zero-order chi connectivity index (χ0) is 32.1. The first-order chi connectivity index (χ1) is 19.6. The number of aliphatic carboxylic acids is 1. The lowest BCUT2D eigenvalue weighted by atomic mass is 9.94. The smallest absolute Gasteiger partial charge is 0.306 e. The molecule has 3 atom stereocenters. The van der Waals surface area contributed by atoms with Gasteiger partial charge in [-0.1, -0.05) is 30.2 Å². The number of ketones is 2. The van der Waals surface area contributed by atoms with Gasteiger partial charge in [0.15, 0.2) is 11.6 Å². The molecule has 0 fully saturated rings. The molecule has 0 saturated heterocycles. The minimum atomic E-state index is -1.07. The first-order valence-corrected chi connectivity index (χ1v) is 13.9. The molecule has 2 aromatic rings. The normalized spacial score (nSPS) is 12.4. The van der Waals surface area contributed by atoms with E-state index in [4.69, 9.17) is 21.4 Å². The van der Waals surface area contributed by atoms with Gasteiger partial charge < -0.3 is 20.5 Å². The molecular formula is C32H41ClN2O7. The summed E-state index contributed by atoms with van der Waals surface area (Å²) < 4.78 is 5.30. The molecule has 2 aromatic carbocycles. The summed E-state index contributed by atoms with van der Waals surface area (Å²) in [6.07, 6.45) is -0.0973. The van der Waals surface area contributed by atoms with Crippen LogP contribution in [0.4, 0.5) is 0 Å². The van der Waals surface area contributed by atoms with Crippen LogP contribution in [0, 0.1) is 12.8 Å². The van der Waals surface area contributed by atoms with E-state index in [0.29, 0.717) is 16.3 Å². The van der Waals surface area contributed by atoms with Gasteiger partial charge >= 0.3 is 5.97 Å². The fraction of sp³-hybridized carbons (Fsp3) is 0.406. The lowest BCUT2D eigenvalue weighted by molar-refractivity contribution is -0.143. The number of carboxylic acids is 1. The van der Waals surface area contributed by atoms with Gasteiger partial charge in [-0.3, -0.25) is 24.0 Å². The van der Waals surface area contributed by atoms with Crippen LogP contribution in [0.15, 0.2) is 48.0 Å². The maximum Gasteiger partial charge on any atom is 0.306 e. The monoisotopic (exact) mass is 600 g/mol. The minimum absolute atomic E-state index is 0.0664. The Hall–Kier alpha value is -3.98. The van der Waals surface area contributed by atoms with Crippen molar-refractivity contribution in [3.8, 4) is 5.75 Å². The third kappa shape index (κ3) is 11.9. The predicted octanol–water partition coefficient (Wildman–Crippen LogP) is 5.42. The molecule has 0 radical (unpaired) electrons. The van der Waals surface area contributed by atoms with Gasteiger partial charge in [0.25, 0.3) is 0 Å². The lowest BCUT2D eigenvalue weighted by Crippen LogP contribution is -2.49. The third-order valence-corrected chi connectivity index (χ3v) is 6.75. The highest BCUT2D eigenvalue weighted by molar-refractivity contribution is 6.30. The highest BCUT2D eigenvalue weighted by Gasteiger charge is 2.24. The van der Waals surface area contributed by atoms with Gasteiger partial charge in [-0.05, 0) is 94.6 Å². The molecule has 2 rings (SSSR count). The number of carbonyl (C=O) groups excluding carboxylic acids is 4. The predicted molar refractivity (Wildman–Crippen MR) is 164 cm³/mol. The van der Waals surface area contributed by atoms with Crippen molar-refractivity contribution in [2.45, 2.75) is 73.4 Å². The number of carbonyl (C=O) groups is 5. The summed E-state index contributed by atoms with van der Waals surface area (Å²) in [7, 11) is 1.58. The van der Waals surface area contributed by atoms with E-state index in [1.54, 1.807) is 31.4 Å². The van der Waals surface area contributed by atoms with E-state index in [2.05, 4.69) is 10.6 Å². The zero-order valence-corrected chi connectivity index (χ0v) is 26.2. The third-order valence-electron chi connectivity index (χ3n) is 6.50. The molecule has 3 N–H and O–H groups in total. The van der Waals surface area contributed by atoms with Crippen LogP contribution in [0.2, 0.25) is 5.02 Å². The Morgan fingerprint density at radius 1 is 0.905 bits per heavy atom. The van der Waals surface area contributed by atoms with Gasteiger partial charge in [-0.15, -0.1) is 0 Å². The van der Waals surface area contributed by atoms with Crippen molar-refractivity contribution in [2.24, 2.45) is 5.92 Å². The summed E-state index contributed by atoms with van der Waals surface area (Å²) in [5.74, 6) is -2.37. The van der Waals surface area contributed by atoms with Crippen LogP contribution in [0.3, 0.4) is 0 Å². The number of benzene rings is 2. The van der Waals surface area contributed by atoms with E-state index in [-0.39, 0.29) is 30.3 Å². The van der Waals surface area contributed by atoms with Crippen LogP contribution in [-0.4, -0.2) is 53.7 Å². The number of Topliss-reactive ketones (excluding diaryl/α,β-unsaturated/α-hetero) is 2. The Morgan fingerprint density at radius 3 is 2.00 bits per heavy atom. The number of halogens is 1. The molecule has 10 heteroatoms. The molecule has 0 aliphatic heterocycles. The van der Waals surface area contributed by atoms with E-state index in [0.717, 1.165) is 22.3 Å². The van der Waals surface area contributed by atoms with Crippen LogP contribution < -0.4 is 15.4 Å². The van der Waals surface area contributed by atoms with Gasteiger partial charge in [0.05, 0.1) is 25.5 Å². The number of ether oxygens (including phenoxy) is 1. The average molecular weight is 601 g/mol. The fourth-order valence-corrected chi connectivity index (χ4v) is 3.91. The van der Waals surface area contributed by atoms with E-state index >= 15 is 0 Å². The Balaban J connectivity index is 0.000000738. The maximum absolute atomic E-state index is 12.7. The SMILES string of the molecule is CC(=O)c1ccc(Cl)cc1.COc1ccc(C)c(C(CC(=O)NC(C)C(=O)N[C@@H](C)C(=O)C[C@@H](C)C(=O)O)=C(C)C)c1. The van der Waals surface area contributed by atoms with E-state index < -0.39 is 29.9 Å². The summed E-state index contributed by atoms with van der Waals surface area (Å²) in [4.78, 5) is 58.8. The number of rotatable bonds is 12. The standard InChI is InChI=1S/C24H34N2O6.C8H7ClO/c1-13(2)19(20-11-18(32-7)9-8-14(20)3)12-22(28)25-17(6)23(29)26-16(5)21(27)10-15(4)24(30)31;1-6(10)7-2-4-8(9)5-3-7/h8-9,11,15-17H,10,12H2,1-7H3,(H,25,28)(H,26,29)(H,30,31);2-5H,1H3/t15-,16+,17?;/m1./s1. The van der Waals surface area contributed by atoms with E-state index in [1.165, 1.54) is 27.7 Å². The lowest BCUT2D eigenvalue weighted by Gasteiger charge is -2.19. The number of aryl methyl sites for hydroxylation is 1. The molecule has 228 valence electrons. The summed E-state index contributed by atoms with van der Waals surface area (Å²) in [6, 6.07) is 10.8. The zero-order valence-electron chi connectivity index (χ0n) is 25.5. The Bertz CT molecular complexity index is 1310. The number of amides is 2. The average Bonchev–Trinajstić information content (AvgIpc) is 2.92. The molecule has 0 saturated carbocycles. The van der Waals surface area contributed by atoms with Crippen molar-refractivity contribution in [3.63, 3.8) is 0 Å². The second-order valence-electron chi connectivity index (χ2n) is 10.3. The molecule has 9 nitrogen and oxygen atoms in total. The van der Waals surface area contributed by atoms with Gasteiger partial charge in [-0.2, -0.15) is 0 Å². The van der Waals surface area contributed by atoms with E-state index in [9.17, 15) is 24.0 Å². The second kappa shape index (κ2) is 17.1. The first-order valence-electron chi connectivity index (χ1n) is 13.5. The largest absolute Gasteiger partial charge is 0.497 e. The molecule has 0 spiro atoms. The van der Waals surface area contributed by atoms with Crippen molar-refractivity contribution in [1.29, 1.82) is 0 Å². The number of nitrogens with one attached hydrogen (secondary N) is 2. The van der Waals surface area contributed by atoms with Crippen molar-refractivity contribution in [1.82, 2.24) is 10.6 Å². The van der Waals surface area contributed by atoms with Crippen molar-refractivity contribution in [3.05, 3.63) is 69.8 Å². The topological polar surface area (TPSA) is 139 Å². The summed E-state index contributed by atoms with van der Waals surface area (Å²) in [6.45, 7) is 11.8. The van der Waals surface area contributed by atoms with Crippen molar-refractivity contribution < 1.29 is 33.8 Å². The Kier molecular flexibility index (Phi) is 14.7. The molecule has 2 amide bonds. The van der Waals surface area contributed by atoms with Crippen LogP contribution >= 0.6 is 11.6 Å². The van der Waals surface area contributed by atoms with Crippen LogP contribution in [-0.2, 0) is 19.2 Å². The van der Waals surface area contributed by atoms with Gasteiger partial charge in [0.2, 0.25) is 11.8 Å². The quantitative estimate of drug-likeness (QED) is 0.276. The van der Waals surface area contributed by atoms with Crippen LogP contribution in [0.5, 0.6) is 5.75 Å². The van der Waals surface area contributed by atoms with E-state index in [1.807, 2.05) is 39.0 Å². The molecular weight excluding hydrogens is 560 g/mol. The number of carboxylic acid groups (broad SMARTS) is 1. The molecule has 1 unspecified atom stereocenters. The summed E-state index contributed by atoms with van der Waals surface area (Å²) in [5.41, 5.74) is 4.43. The summed E-state index contributed by atoms with van der Waals surface area (Å²) >= 11 is 5.61. The molecule has 0 aromatic heterocycles. The maximum atomic E-state index is 12.7. The second-order valence-corrected chi connectivity index (χ2v) is 10.8. The highest BCUT2D eigenvalue weighted by Crippen LogP contribution is 2.29. The van der Waals surface area contributed by atoms with Crippen LogP contribution in [0.1, 0.15) is 75.9 Å². The van der Waals surface area contributed by atoms with Gasteiger partial charge in [-0.25, -0.2) is 0 Å². The molecule has 0 heterocycles. The number of allylic oxidation sites excluding steroid dienone is 1. The Labute approximate surface area is 252 Å².